The average Bonchev–Trinajstić information content (AvgIpc) is 3.01. The van der Waals surface area contributed by atoms with Crippen LogP contribution in [0.4, 0.5) is 10.6 Å². The van der Waals surface area contributed by atoms with Gasteiger partial charge in [0.15, 0.2) is 5.69 Å². The van der Waals surface area contributed by atoms with Crippen molar-refractivity contribution in [3.05, 3.63) is 28.9 Å². The predicted octanol–water partition coefficient (Wildman–Crippen LogP) is 1.79. The Labute approximate surface area is 147 Å². The van der Waals surface area contributed by atoms with Crippen molar-refractivity contribution in [3.63, 3.8) is 0 Å². The zero-order chi connectivity index (χ0) is 18.4. The Morgan fingerprint density at radius 1 is 1.16 bits per heavy atom. The molecule has 3 amide bonds. The van der Waals surface area contributed by atoms with Crippen LogP contribution in [0.15, 0.2) is 18.3 Å². The molecule has 2 aromatic rings. The monoisotopic (exact) mass is 363 g/mol. The van der Waals surface area contributed by atoms with Gasteiger partial charge in [0.1, 0.15) is 15.7 Å². The van der Waals surface area contributed by atoms with E-state index in [0.717, 1.165) is 11.3 Å². The summed E-state index contributed by atoms with van der Waals surface area (Å²) in [4.78, 5) is 42.8. The van der Waals surface area contributed by atoms with Gasteiger partial charge < -0.3 is 15.7 Å². The Hall–Kier alpha value is -3.01. The van der Waals surface area contributed by atoms with Crippen molar-refractivity contribution < 1.29 is 19.5 Å². The van der Waals surface area contributed by atoms with E-state index in [0.29, 0.717) is 29.5 Å². The van der Waals surface area contributed by atoms with Crippen LogP contribution < -0.4 is 16.0 Å². The van der Waals surface area contributed by atoms with Crippen LogP contribution in [0.1, 0.15) is 34.0 Å². The fourth-order valence-electron chi connectivity index (χ4n) is 1.90. The highest BCUT2D eigenvalue weighted by molar-refractivity contribution is 7.17. The highest BCUT2D eigenvalue weighted by Crippen LogP contribution is 2.28. The minimum atomic E-state index is -1.22. The number of aromatic nitrogens is 2. The number of anilines is 1. The third kappa shape index (κ3) is 4.51. The zero-order valence-corrected chi connectivity index (χ0v) is 14.4. The van der Waals surface area contributed by atoms with Crippen LogP contribution in [-0.2, 0) is 0 Å². The highest BCUT2D eigenvalue weighted by Gasteiger charge is 2.23. The van der Waals surface area contributed by atoms with Crippen LogP contribution >= 0.6 is 11.3 Å². The van der Waals surface area contributed by atoms with E-state index in [2.05, 4.69) is 25.9 Å². The minimum absolute atomic E-state index is 0.126. The summed E-state index contributed by atoms with van der Waals surface area (Å²) in [6, 6.07) is 2.84. The number of nitrogens with one attached hydrogen (secondary N) is 3. The largest absolute Gasteiger partial charge is 0.477 e. The van der Waals surface area contributed by atoms with Gasteiger partial charge in [-0.15, -0.1) is 11.3 Å². The molecular formula is C15H17N5O4S. The Morgan fingerprint density at radius 3 is 2.44 bits per heavy atom. The van der Waals surface area contributed by atoms with E-state index < -0.39 is 11.9 Å². The molecule has 2 aromatic heterocycles. The topological polar surface area (TPSA) is 133 Å². The van der Waals surface area contributed by atoms with E-state index in [-0.39, 0.29) is 16.6 Å². The summed E-state index contributed by atoms with van der Waals surface area (Å²) in [5, 5.41) is 17.3. The summed E-state index contributed by atoms with van der Waals surface area (Å²) in [6.07, 6.45) is 1.45. The molecule has 4 N–H and O–H groups in total. The van der Waals surface area contributed by atoms with Crippen LogP contribution in [0.3, 0.4) is 0 Å². The molecule has 0 atom stereocenters. The van der Waals surface area contributed by atoms with E-state index in [4.69, 9.17) is 0 Å². The molecule has 2 heterocycles. The first kappa shape index (κ1) is 18.3. The van der Waals surface area contributed by atoms with Crippen LogP contribution in [0, 0.1) is 0 Å². The fraction of sp³-hybridized carbons (Fsp3) is 0.267. The molecule has 0 fully saturated rings. The lowest BCUT2D eigenvalue weighted by atomic mass is 10.3. The van der Waals surface area contributed by atoms with Gasteiger partial charge in [0.05, 0.1) is 0 Å². The summed E-state index contributed by atoms with van der Waals surface area (Å²) in [7, 11) is 0. The van der Waals surface area contributed by atoms with Gasteiger partial charge in [-0.2, -0.15) is 0 Å². The van der Waals surface area contributed by atoms with Gasteiger partial charge in [0.2, 0.25) is 0 Å². The van der Waals surface area contributed by atoms with E-state index in [1.807, 2.05) is 0 Å². The fourth-order valence-corrected chi connectivity index (χ4v) is 2.79. The number of hydrogen-bond acceptors (Lipinski definition) is 6. The first-order chi connectivity index (χ1) is 12.0. The number of aromatic carboxylic acids is 1. The number of thiazole rings is 1. The summed E-state index contributed by atoms with van der Waals surface area (Å²) in [5.41, 5.74) is 0.420. The number of rotatable bonds is 6. The first-order valence-electron chi connectivity index (χ1n) is 7.49. The number of pyridine rings is 1. The van der Waals surface area contributed by atoms with E-state index >= 15 is 0 Å². The number of nitrogens with zero attached hydrogens (tertiary/aromatic N) is 2. The standard InChI is InChI=1S/C15H17N5O4S/c1-3-16-12(21)10-11(14(22)23)25-13(20-10)8-5-6-9(18-7-8)19-15(24)17-4-2/h5-7H,3-4H2,1-2H3,(H,16,21)(H,22,23)(H2,17,18,19,24). The van der Waals surface area contributed by atoms with Crippen LogP contribution in [-0.4, -0.2) is 46.1 Å². The number of carboxylic acid groups (broad SMARTS) is 1. The summed E-state index contributed by atoms with van der Waals surface area (Å²) in [5.74, 6) is -1.41. The van der Waals surface area contributed by atoms with Crippen molar-refractivity contribution in [3.8, 4) is 10.6 Å². The van der Waals surface area contributed by atoms with Gasteiger partial charge in [-0.3, -0.25) is 10.1 Å². The normalized spacial score (nSPS) is 10.2. The molecule has 0 aliphatic rings. The van der Waals surface area contributed by atoms with Gasteiger partial charge >= 0.3 is 12.0 Å². The van der Waals surface area contributed by atoms with E-state index in [1.54, 1.807) is 26.0 Å². The summed E-state index contributed by atoms with van der Waals surface area (Å²) < 4.78 is 0. The van der Waals surface area contributed by atoms with Gasteiger partial charge in [-0.05, 0) is 26.0 Å². The SMILES string of the molecule is CCNC(=O)Nc1ccc(-c2nc(C(=O)NCC)c(C(=O)O)s2)cn1. The quantitative estimate of drug-likeness (QED) is 0.618. The molecule has 0 unspecified atom stereocenters. The maximum absolute atomic E-state index is 12.0. The molecule has 0 aromatic carbocycles. The molecule has 25 heavy (non-hydrogen) atoms. The van der Waals surface area contributed by atoms with Gasteiger partial charge in [-0.25, -0.2) is 19.6 Å². The molecule has 9 nitrogen and oxygen atoms in total. The molecule has 10 heteroatoms. The Bertz CT molecular complexity index is 788. The van der Waals surface area contributed by atoms with Crippen molar-refractivity contribution in [1.29, 1.82) is 0 Å². The third-order valence-electron chi connectivity index (χ3n) is 2.96. The summed E-state index contributed by atoms with van der Waals surface area (Å²) in [6.45, 7) is 4.39. The Balaban J connectivity index is 2.26. The maximum atomic E-state index is 12.0. The Morgan fingerprint density at radius 2 is 1.88 bits per heavy atom. The second kappa shape index (κ2) is 8.20. The van der Waals surface area contributed by atoms with Crippen molar-refractivity contribution in [2.24, 2.45) is 0 Å². The Kier molecular flexibility index (Phi) is 6.01. The second-order valence-electron chi connectivity index (χ2n) is 4.78. The number of carbonyl (C=O) groups is 3. The van der Waals surface area contributed by atoms with Crippen LogP contribution in [0.25, 0.3) is 10.6 Å². The smallest absolute Gasteiger partial charge is 0.348 e. The molecule has 0 aliphatic heterocycles. The lowest BCUT2D eigenvalue weighted by molar-refractivity contribution is 0.0696. The third-order valence-corrected chi connectivity index (χ3v) is 4.06. The molecular weight excluding hydrogens is 346 g/mol. The highest BCUT2D eigenvalue weighted by atomic mass is 32.1. The van der Waals surface area contributed by atoms with Crippen molar-refractivity contribution in [1.82, 2.24) is 20.6 Å². The molecule has 2 rings (SSSR count). The van der Waals surface area contributed by atoms with Crippen molar-refractivity contribution in [2.75, 3.05) is 18.4 Å². The van der Waals surface area contributed by atoms with Crippen LogP contribution in [0.5, 0.6) is 0 Å². The predicted molar refractivity (Wildman–Crippen MR) is 93.0 cm³/mol. The van der Waals surface area contributed by atoms with Crippen molar-refractivity contribution >= 4 is 35.1 Å². The number of urea groups is 1. The molecule has 0 saturated heterocycles. The van der Waals surface area contributed by atoms with Crippen molar-refractivity contribution in [2.45, 2.75) is 13.8 Å². The molecule has 132 valence electrons. The first-order valence-corrected chi connectivity index (χ1v) is 8.31. The summed E-state index contributed by atoms with van der Waals surface area (Å²) >= 11 is 0.892. The van der Waals surface area contributed by atoms with E-state index in [1.165, 1.54) is 6.20 Å². The molecule has 0 radical (unpaired) electrons. The molecule has 0 bridgehead atoms. The lowest BCUT2D eigenvalue weighted by Crippen LogP contribution is -2.28. The molecule has 0 saturated carbocycles. The van der Waals surface area contributed by atoms with Gasteiger partial charge in [0, 0.05) is 24.8 Å². The number of amides is 3. The van der Waals surface area contributed by atoms with Gasteiger partial charge in [-0.1, -0.05) is 0 Å². The van der Waals surface area contributed by atoms with Crippen LogP contribution in [0.2, 0.25) is 0 Å². The van der Waals surface area contributed by atoms with Gasteiger partial charge in [0.25, 0.3) is 5.91 Å². The number of carboxylic acids is 1. The molecule has 0 spiro atoms. The number of hydrogen-bond donors (Lipinski definition) is 4. The number of carbonyl (C=O) groups excluding carboxylic acids is 2. The maximum Gasteiger partial charge on any atom is 0.348 e. The minimum Gasteiger partial charge on any atom is -0.477 e. The van der Waals surface area contributed by atoms with E-state index in [9.17, 15) is 19.5 Å². The zero-order valence-electron chi connectivity index (χ0n) is 13.6. The molecule has 0 aliphatic carbocycles. The average molecular weight is 363 g/mol. The second-order valence-corrected chi connectivity index (χ2v) is 5.78. The lowest BCUT2D eigenvalue weighted by Gasteiger charge is -2.05.